The lowest BCUT2D eigenvalue weighted by Gasteiger charge is -2.28. The Bertz CT molecular complexity index is 2220. The number of hydrogen-bond acceptors (Lipinski definition) is 15. The van der Waals surface area contributed by atoms with Crippen molar-refractivity contribution in [1.82, 2.24) is 51.8 Å². The second kappa shape index (κ2) is 26.7. The van der Waals surface area contributed by atoms with E-state index in [0.717, 1.165) is 6.92 Å². The molecule has 8 amide bonds. The first-order valence-electron chi connectivity index (χ1n) is 21.0. The highest BCUT2D eigenvalue weighted by atomic mass is 16.4. The number of hydrogen-bond donors (Lipinski definition) is 16. The van der Waals surface area contributed by atoms with Crippen LogP contribution in [0.4, 0.5) is 0 Å². The van der Waals surface area contributed by atoms with Gasteiger partial charge in [-0.25, -0.2) is 14.8 Å². The molecule has 370 valence electrons. The van der Waals surface area contributed by atoms with Crippen LogP contribution >= 0.6 is 0 Å². The molecule has 0 aliphatic rings. The molecule has 0 spiro atoms. The van der Waals surface area contributed by atoms with Crippen LogP contribution in [0.2, 0.25) is 0 Å². The summed E-state index contributed by atoms with van der Waals surface area (Å²) in [5.41, 5.74) is 28.7. The molecular weight excluding hydrogens is 897 g/mol. The molecule has 68 heavy (non-hydrogen) atoms. The van der Waals surface area contributed by atoms with Crippen molar-refractivity contribution in [2.45, 2.75) is 107 Å². The van der Waals surface area contributed by atoms with Gasteiger partial charge < -0.3 is 85.9 Å². The summed E-state index contributed by atoms with van der Waals surface area (Å²) >= 11 is 0. The van der Waals surface area contributed by atoms with Gasteiger partial charge in [0.15, 0.2) is 5.96 Å². The van der Waals surface area contributed by atoms with Gasteiger partial charge in [-0.1, -0.05) is 12.1 Å². The lowest BCUT2D eigenvalue weighted by molar-refractivity contribution is -0.144. The van der Waals surface area contributed by atoms with Gasteiger partial charge >= 0.3 is 5.97 Å². The van der Waals surface area contributed by atoms with E-state index < -0.39 is 108 Å². The van der Waals surface area contributed by atoms with Gasteiger partial charge in [0, 0.05) is 56.0 Å². The van der Waals surface area contributed by atoms with Crippen LogP contribution < -0.4 is 60.6 Å². The quantitative estimate of drug-likeness (QED) is 0.0175. The van der Waals surface area contributed by atoms with Crippen LogP contribution in [0.5, 0.6) is 5.75 Å². The van der Waals surface area contributed by atoms with Crippen LogP contribution in [0.15, 0.2) is 54.3 Å². The number of benzene rings is 1. The number of aromatic hydroxyl groups is 1. The Balaban J connectivity index is 1.96. The van der Waals surface area contributed by atoms with Gasteiger partial charge in [0.1, 0.15) is 42.0 Å². The maximum Gasteiger partial charge on any atom is 0.326 e. The first-order chi connectivity index (χ1) is 32.1. The molecule has 3 rings (SSSR count). The van der Waals surface area contributed by atoms with Gasteiger partial charge in [0.2, 0.25) is 47.3 Å². The number of carbonyl (C=O) groups is 9. The fraction of sp³-hybridized carbons (Fsp3) is 0.450. The number of nitrogens with one attached hydrogen (secondary N) is 8. The van der Waals surface area contributed by atoms with Crippen LogP contribution in [0, 0.1) is 0 Å². The molecule has 8 atom stereocenters. The van der Waals surface area contributed by atoms with Crippen molar-refractivity contribution in [3.63, 3.8) is 0 Å². The molecule has 0 fully saturated rings. The Kier molecular flexibility index (Phi) is 21.3. The van der Waals surface area contributed by atoms with Crippen LogP contribution in [0.3, 0.4) is 0 Å². The smallest absolute Gasteiger partial charge is 0.326 e. The molecule has 3 aromatic rings. The van der Waals surface area contributed by atoms with Crippen LogP contribution in [0.25, 0.3) is 0 Å². The van der Waals surface area contributed by atoms with E-state index in [1.165, 1.54) is 49.3 Å². The van der Waals surface area contributed by atoms with Crippen molar-refractivity contribution < 1.29 is 58.5 Å². The molecule has 2 heterocycles. The number of carbonyl (C=O) groups excluding carboxylic acids is 8. The fourth-order valence-corrected chi connectivity index (χ4v) is 6.37. The number of aliphatic carboxylic acids is 1. The van der Waals surface area contributed by atoms with Gasteiger partial charge in [0.25, 0.3) is 0 Å². The monoisotopic (exact) mass is 954 g/mol. The molecule has 28 heteroatoms. The predicted octanol–water partition coefficient (Wildman–Crippen LogP) is -6.24. The van der Waals surface area contributed by atoms with E-state index in [-0.39, 0.29) is 63.2 Å². The van der Waals surface area contributed by atoms with Crippen molar-refractivity contribution in [2.24, 2.45) is 33.7 Å². The lowest BCUT2D eigenvalue weighted by atomic mass is 10.0. The summed E-state index contributed by atoms with van der Waals surface area (Å²) in [6, 6.07) is -5.39. The number of carboxylic acid groups (broad SMARTS) is 1. The number of phenolic OH excluding ortho intramolecular Hbond substituents is 1. The van der Waals surface area contributed by atoms with Crippen molar-refractivity contribution >= 4 is 59.2 Å². The molecule has 0 aliphatic carbocycles. The number of nitrogens with zero attached hydrogens (tertiary/aromatic N) is 3. The molecule has 0 saturated carbocycles. The Labute approximate surface area is 387 Å². The summed E-state index contributed by atoms with van der Waals surface area (Å²) in [7, 11) is 0. The van der Waals surface area contributed by atoms with E-state index in [4.69, 9.17) is 28.7 Å². The third-order valence-corrected chi connectivity index (χ3v) is 9.93. The summed E-state index contributed by atoms with van der Waals surface area (Å²) in [4.78, 5) is 135. The number of rotatable bonds is 29. The molecule has 21 N–H and O–H groups in total. The minimum absolute atomic E-state index is 0.00616. The number of aromatic nitrogens is 4. The lowest BCUT2D eigenvalue weighted by Crippen LogP contribution is -2.61. The summed E-state index contributed by atoms with van der Waals surface area (Å²) < 4.78 is 0. The zero-order valence-corrected chi connectivity index (χ0v) is 36.8. The molecule has 0 unspecified atom stereocenters. The molecule has 0 radical (unpaired) electrons. The van der Waals surface area contributed by atoms with E-state index in [1.807, 2.05) is 5.32 Å². The van der Waals surface area contributed by atoms with Crippen LogP contribution in [-0.4, -0.2) is 149 Å². The number of aliphatic hydroxyl groups excluding tert-OH is 1. The number of aliphatic imine (C=N–C) groups is 1. The van der Waals surface area contributed by atoms with E-state index >= 15 is 0 Å². The largest absolute Gasteiger partial charge is 0.508 e. The zero-order valence-electron chi connectivity index (χ0n) is 36.8. The zero-order chi connectivity index (χ0) is 50.5. The van der Waals surface area contributed by atoms with Crippen molar-refractivity contribution in [3.05, 3.63) is 66.3 Å². The molecule has 0 saturated heterocycles. The van der Waals surface area contributed by atoms with E-state index in [0.29, 0.717) is 17.0 Å². The normalized spacial score (nSPS) is 14.5. The van der Waals surface area contributed by atoms with Crippen molar-refractivity contribution in [1.29, 1.82) is 0 Å². The summed E-state index contributed by atoms with van der Waals surface area (Å²) in [5.74, 6) is -9.89. The number of guanidine groups is 1. The topological polar surface area (TPSA) is 486 Å². The highest BCUT2D eigenvalue weighted by molar-refractivity contribution is 5.97. The maximum absolute atomic E-state index is 14.3. The molecular formula is C40H58N16O12. The number of nitrogens with two attached hydrogens (primary N) is 5. The molecule has 28 nitrogen and oxygen atoms in total. The minimum Gasteiger partial charge on any atom is -0.508 e. The number of aliphatic hydroxyl groups is 1. The highest BCUT2D eigenvalue weighted by Crippen LogP contribution is 2.13. The molecule has 1 aromatic carbocycles. The Morgan fingerprint density at radius 3 is 1.66 bits per heavy atom. The second-order valence-corrected chi connectivity index (χ2v) is 15.5. The molecule has 0 aliphatic heterocycles. The first kappa shape index (κ1) is 54.2. The number of amides is 8. The van der Waals surface area contributed by atoms with Crippen molar-refractivity contribution in [2.75, 3.05) is 6.54 Å². The van der Waals surface area contributed by atoms with E-state index in [1.54, 1.807) is 0 Å². The van der Waals surface area contributed by atoms with Crippen LogP contribution in [0.1, 0.15) is 56.0 Å². The predicted molar refractivity (Wildman–Crippen MR) is 237 cm³/mol. The van der Waals surface area contributed by atoms with Crippen molar-refractivity contribution in [3.8, 4) is 5.75 Å². The number of aromatic amines is 2. The summed E-state index contributed by atoms with van der Waals surface area (Å²) in [6.07, 6.45) is 1.64. The average molecular weight is 955 g/mol. The Morgan fingerprint density at radius 2 is 1.15 bits per heavy atom. The second-order valence-electron chi connectivity index (χ2n) is 15.5. The minimum atomic E-state index is -1.84. The van der Waals surface area contributed by atoms with Crippen LogP contribution in [-0.2, 0) is 62.4 Å². The first-order valence-corrected chi connectivity index (χ1v) is 21.0. The number of imidazole rings is 2. The third-order valence-electron chi connectivity index (χ3n) is 9.93. The van der Waals surface area contributed by atoms with Gasteiger partial charge in [0.05, 0.1) is 31.2 Å². The highest BCUT2D eigenvalue weighted by Gasteiger charge is 2.35. The number of primary amides is 2. The molecule has 0 bridgehead atoms. The van der Waals surface area contributed by atoms with Gasteiger partial charge in [-0.2, -0.15) is 0 Å². The van der Waals surface area contributed by atoms with Gasteiger partial charge in [-0.15, -0.1) is 0 Å². The Hall–Kier alpha value is -8.14. The molecule has 2 aromatic heterocycles. The van der Waals surface area contributed by atoms with E-state index in [9.17, 15) is 58.5 Å². The number of H-pyrrole nitrogens is 2. The average Bonchev–Trinajstić information content (AvgIpc) is 3.99. The SMILES string of the molecule is C[C@@H](O)[C@H](NC(=O)[C@H](CCCN=C(N)N)NC(=O)[C@H](Cc1ccc(O)cc1)NC(=O)[C@H](Cc1cnc[nH]1)NC(=O)[C@H](CCC(N)=O)NC(=O)[C@@H](N)Cc1cnc[nH]1)C(=O)N[C@@H](CC(N)=O)C(=O)O. The maximum atomic E-state index is 14.3. The fourth-order valence-electron chi connectivity index (χ4n) is 6.37. The number of phenols is 1. The summed E-state index contributed by atoms with van der Waals surface area (Å²) in [5, 5.41) is 44.4. The Morgan fingerprint density at radius 1 is 0.647 bits per heavy atom. The third kappa shape index (κ3) is 18.8. The standard InChI is InChI=1S/C40H58N16O12/c1-19(57)32(38(66)55-29(39(67)68)14-31(43)60)56-35(63)25(3-2-10-48-40(44)45)52-36(64)27(11-20-4-6-23(58)7-5-20)53-37(65)28(13-22-16-47-18-50-22)54-34(62)26(8-9-30(42)59)51-33(61)24(41)12-21-15-46-17-49-21/h4-7,15-19,24-29,32,57-58H,2-3,8-14,41H2,1H3,(H2,42,59)(H2,43,60)(H,46,49)(H,47,50)(H,51,61)(H,52,64)(H,53,65)(H,54,62)(H,55,66)(H,56,63)(H,67,68)(H4,44,45,48)/t19-,24+,25+,26+,27+,28+,29+,32+/m1/s1. The van der Waals surface area contributed by atoms with Gasteiger partial charge in [-0.3, -0.25) is 43.3 Å². The summed E-state index contributed by atoms with van der Waals surface area (Å²) in [6.45, 7) is 1.06. The van der Waals surface area contributed by atoms with Gasteiger partial charge in [-0.05, 0) is 43.9 Å². The number of carboxylic acids is 1. The van der Waals surface area contributed by atoms with E-state index in [2.05, 4.69) is 51.5 Å².